The lowest BCUT2D eigenvalue weighted by Gasteiger charge is -2.06. The van der Waals surface area contributed by atoms with Gasteiger partial charge in [0, 0.05) is 31.2 Å². The number of carbonyl (C=O) groups excluding carboxylic acids is 1. The Kier molecular flexibility index (Phi) is 3.86. The van der Waals surface area contributed by atoms with E-state index >= 15 is 0 Å². The topological polar surface area (TPSA) is 81.6 Å². The summed E-state index contributed by atoms with van der Waals surface area (Å²) in [6, 6.07) is 1.63. The van der Waals surface area contributed by atoms with Crippen LogP contribution >= 0.6 is 12.4 Å². The number of halogens is 1. The van der Waals surface area contributed by atoms with E-state index in [1.165, 1.54) is 18.0 Å². The van der Waals surface area contributed by atoms with E-state index in [9.17, 15) is 9.90 Å². The number of aryl methyl sites for hydroxylation is 1. The van der Waals surface area contributed by atoms with Crippen LogP contribution in [0.25, 0.3) is 16.8 Å². The first-order valence-corrected chi connectivity index (χ1v) is 5.88. The van der Waals surface area contributed by atoms with Gasteiger partial charge in [-0.25, -0.2) is 14.5 Å². The molecule has 8 heteroatoms. The van der Waals surface area contributed by atoms with Crippen molar-refractivity contribution in [3.63, 3.8) is 0 Å². The summed E-state index contributed by atoms with van der Waals surface area (Å²) in [4.78, 5) is 15.9. The van der Waals surface area contributed by atoms with E-state index in [1.807, 2.05) is 0 Å². The Bertz CT molecular complexity index is 809. The molecular formula is C13H13ClN4O3. The number of ether oxygens (including phenoxy) is 1. The number of fused-ring (bicyclic) bond motifs is 1. The van der Waals surface area contributed by atoms with Crippen LogP contribution in [0.3, 0.4) is 0 Å². The molecule has 1 N–H and O–H groups in total. The molecule has 0 amide bonds. The molecule has 0 aliphatic carbocycles. The molecule has 0 saturated carbocycles. The number of hydrogen-bond donors (Lipinski definition) is 1. The van der Waals surface area contributed by atoms with Gasteiger partial charge in [0.25, 0.3) is 0 Å². The number of carbonyl (C=O) groups is 1. The van der Waals surface area contributed by atoms with Crippen LogP contribution in [-0.2, 0) is 11.8 Å². The van der Waals surface area contributed by atoms with Crippen LogP contribution in [0.15, 0.2) is 30.9 Å². The van der Waals surface area contributed by atoms with Gasteiger partial charge in [-0.3, -0.25) is 0 Å². The minimum absolute atomic E-state index is 0. The molecule has 0 bridgehead atoms. The lowest BCUT2D eigenvalue weighted by Crippen LogP contribution is -2.03. The molecule has 3 rings (SSSR count). The highest BCUT2D eigenvalue weighted by molar-refractivity contribution is 5.93. The third kappa shape index (κ3) is 2.31. The number of aromatic nitrogens is 4. The Balaban J connectivity index is 0.00000161. The van der Waals surface area contributed by atoms with Gasteiger partial charge in [0.1, 0.15) is 5.65 Å². The maximum atomic E-state index is 11.7. The number of nitrogens with zero attached hydrogens (tertiary/aromatic N) is 4. The minimum atomic E-state index is -0.453. The Morgan fingerprint density at radius 3 is 2.76 bits per heavy atom. The average molecular weight is 309 g/mol. The maximum absolute atomic E-state index is 11.7. The number of hydrogen-bond acceptors (Lipinski definition) is 5. The molecular weight excluding hydrogens is 296 g/mol. The van der Waals surface area contributed by atoms with Crippen molar-refractivity contribution < 1.29 is 14.6 Å². The van der Waals surface area contributed by atoms with Crippen molar-refractivity contribution in [3.05, 3.63) is 36.4 Å². The second kappa shape index (κ2) is 5.45. The van der Waals surface area contributed by atoms with Crippen LogP contribution < -0.4 is 0 Å². The molecule has 0 spiro atoms. The minimum Gasteiger partial charge on any atom is -0.493 e. The van der Waals surface area contributed by atoms with Crippen molar-refractivity contribution in [1.29, 1.82) is 0 Å². The van der Waals surface area contributed by atoms with Crippen molar-refractivity contribution in [2.45, 2.75) is 0 Å². The zero-order valence-electron chi connectivity index (χ0n) is 11.3. The molecule has 0 atom stereocenters. The Morgan fingerprint density at radius 2 is 2.14 bits per heavy atom. The SMILES string of the molecule is COC(=O)c1cc(-c2cnn(C)c2O)c2nccn2c1.Cl. The fraction of sp³-hybridized carbons (Fsp3) is 0.154. The van der Waals surface area contributed by atoms with Crippen LogP contribution in [-0.4, -0.2) is 37.4 Å². The van der Waals surface area contributed by atoms with Crippen LogP contribution in [0.1, 0.15) is 10.4 Å². The summed E-state index contributed by atoms with van der Waals surface area (Å²) in [6.45, 7) is 0. The zero-order chi connectivity index (χ0) is 14.3. The smallest absolute Gasteiger partial charge is 0.339 e. The van der Waals surface area contributed by atoms with E-state index in [2.05, 4.69) is 10.1 Å². The Labute approximate surface area is 126 Å². The highest BCUT2D eigenvalue weighted by Crippen LogP contribution is 2.31. The molecule has 0 unspecified atom stereocenters. The molecule has 0 radical (unpaired) electrons. The number of aromatic hydroxyl groups is 1. The number of esters is 1. The predicted molar refractivity (Wildman–Crippen MR) is 77.6 cm³/mol. The zero-order valence-corrected chi connectivity index (χ0v) is 12.2. The third-order valence-electron chi connectivity index (χ3n) is 3.11. The monoisotopic (exact) mass is 308 g/mol. The molecule has 7 nitrogen and oxygen atoms in total. The highest BCUT2D eigenvalue weighted by Gasteiger charge is 2.17. The molecule has 3 heterocycles. The lowest BCUT2D eigenvalue weighted by atomic mass is 10.1. The van der Waals surface area contributed by atoms with Crippen molar-refractivity contribution in [3.8, 4) is 17.0 Å². The highest BCUT2D eigenvalue weighted by atomic mass is 35.5. The van der Waals surface area contributed by atoms with Gasteiger partial charge in [-0.1, -0.05) is 0 Å². The Morgan fingerprint density at radius 1 is 1.38 bits per heavy atom. The van der Waals surface area contributed by atoms with Gasteiger partial charge < -0.3 is 14.2 Å². The van der Waals surface area contributed by atoms with Crippen LogP contribution in [0.4, 0.5) is 0 Å². The summed E-state index contributed by atoms with van der Waals surface area (Å²) < 4.78 is 7.78. The lowest BCUT2D eigenvalue weighted by molar-refractivity contribution is 0.0600. The first-order chi connectivity index (χ1) is 9.61. The van der Waals surface area contributed by atoms with Crippen molar-refractivity contribution >= 4 is 24.0 Å². The predicted octanol–water partition coefficient (Wildman–Crippen LogP) is 1.65. The summed E-state index contributed by atoms with van der Waals surface area (Å²) >= 11 is 0. The molecule has 0 aromatic carbocycles. The van der Waals surface area contributed by atoms with Crippen molar-refractivity contribution in [1.82, 2.24) is 19.2 Å². The molecule has 3 aromatic heterocycles. The molecule has 3 aromatic rings. The van der Waals surface area contributed by atoms with Crippen LogP contribution in [0.5, 0.6) is 5.88 Å². The summed E-state index contributed by atoms with van der Waals surface area (Å²) in [5, 5.41) is 14.0. The molecule has 0 fully saturated rings. The molecule has 0 saturated heterocycles. The second-order valence-electron chi connectivity index (χ2n) is 4.30. The normalized spacial score (nSPS) is 10.4. The number of pyridine rings is 1. The van der Waals surface area contributed by atoms with Gasteiger partial charge in [0.15, 0.2) is 0 Å². The standard InChI is InChI=1S/C13H12N4O3.ClH/c1-16-12(18)10(6-15-16)9-5-8(13(19)20-2)7-17-4-3-14-11(9)17;/h3-7,18H,1-2H3;1H. The summed E-state index contributed by atoms with van der Waals surface area (Å²) in [7, 11) is 2.95. The fourth-order valence-corrected chi connectivity index (χ4v) is 2.08. The number of methoxy groups -OCH3 is 1. The molecule has 0 aliphatic rings. The van der Waals surface area contributed by atoms with E-state index in [1.54, 1.807) is 36.1 Å². The quantitative estimate of drug-likeness (QED) is 0.728. The van der Waals surface area contributed by atoms with Crippen molar-refractivity contribution in [2.24, 2.45) is 7.05 Å². The largest absolute Gasteiger partial charge is 0.493 e. The van der Waals surface area contributed by atoms with E-state index < -0.39 is 5.97 Å². The van der Waals surface area contributed by atoms with Gasteiger partial charge in [-0.05, 0) is 6.07 Å². The van der Waals surface area contributed by atoms with E-state index in [-0.39, 0.29) is 18.3 Å². The Hall–Kier alpha value is -2.54. The fourth-order valence-electron chi connectivity index (χ4n) is 2.08. The molecule has 110 valence electrons. The number of imidazole rings is 1. The average Bonchev–Trinajstić information content (AvgIpc) is 3.05. The second-order valence-corrected chi connectivity index (χ2v) is 4.30. The molecule has 0 aliphatic heterocycles. The van der Waals surface area contributed by atoms with Gasteiger partial charge in [0.2, 0.25) is 5.88 Å². The van der Waals surface area contributed by atoms with Gasteiger partial charge >= 0.3 is 5.97 Å². The van der Waals surface area contributed by atoms with Crippen LogP contribution in [0, 0.1) is 0 Å². The first-order valence-electron chi connectivity index (χ1n) is 5.88. The third-order valence-corrected chi connectivity index (χ3v) is 3.11. The van der Waals surface area contributed by atoms with Gasteiger partial charge in [-0.2, -0.15) is 5.10 Å². The maximum Gasteiger partial charge on any atom is 0.339 e. The van der Waals surface area contributed by atoms with Gasteiger partial charge in [-0.15, -0.1) is 12.4 Å². The van der Waals surface area contributed by atoms with Crippen LogP contribution in [0.2, 0.25) is 0 Å². The first kappa shape index (κ1) is 14.9. The van der Waals surface area contributed by atoms with Gasteiger partial charge in [0.05, 0.1) is 24.4 Å². The summed E-state index contributed by atoms with van der Waals surface area (Å²) in [6.07, 6.45) is 6.50. The summed E-state index contributed by atoms with van der Waals surface area (Å²) in [5.74, 6) is -0.442. The van der Waals surface area contributed by atoms with E-state index in [0.717, 1.165) is 0 Å². The van der Waals surface area contributed by atoms with E-state index in [0.29, 0.717) is 22.3 Å². The van der Waals surface area contributed by atoms with E-state index in [4.69, 9.17) is 4.74 Å². The number of rotatable bonds is 2. The van der Waals surface area contributed by atoms with Crippen molar-refractivity contribution in [2.75, 3.05) is 7.11 Å². The molecule has 21 heavy (non-hydrogen) atoms. The summed E-state index contributed by atoms with van der Waals surface area (Å²) in [5.41, 5.74) is 2.12.